The summed E-state index contributed by atoms with van der Waals surface area (Å²) in [5.41, 5.74) is 1.76. The Bertz CT molecular complexity index is 484. The number of rotatable bonds is 1. The molecule has 0 bridgehead atoms. The number of hydrogen-bond donors (Lipinski definition) is 1. The van der Waals surface area contributed by atoms with Crippen LogP contribution < -0.4 is 0 Å². The second kappa shape index (κ2) is 2.56. The smallest absolute Gasteiger partial charge is 0.354 e. The van der Waals surface area contributed by atoms with Gasteiger partial charge in [0.1, 0.15) is 0 Å². The second-order valence-electron chi connectivity index (χ2n) is 2.85. The Balaban J connectivity index is 2.90. The van der Waals surface area contributed by atoms with Crippen LogP contribution in [0.2, 0.25) is 0 Å². The number of fused-ring (bicyclic) bond motifs is 1. The quantitative estimate of drug-likeness (QED) is 0.755. The van der Waals surface area contributed by atoms with Gasteiger partial charge in [-0.1, -0.05) is 0 Å². The molecule has 4 nitrogen and oxygen atoms in total. The molecule has 0 aliphatic carbocycles. The fourth-order valence-corrected chi connectivity index (χ4v) is 2.26. The first-order valence-corrected chi connectivity index (χ1v) is 4.65. The predicted molar refractivity (Wildman–Crippen MR) is 49.5 cm³/mol. The van der Waals surface area contributed by atoms with Gasteiger partial charge in [-0.05, 0) is 13.8 Å². The highest BCUT2D eigenvalue weighted by atomic mass is 32.1. The molecule has 68 valence electrons. The fourth-order valence-electron chi connectivity index (χ4n) is 1.35. The minimum atomic E-state index is -0.925. The number of thiazole rings is 1. The first-order valence-electron chi connectivity index (χ1n) is 3.77. The largest absolute Gasteiger partial charge is 0.477 e. The van der Waals surface area contributed by atoms with Gasteiger partial charge in [-0.15, -0.1) is 11.3 Å². The van der Waals surface area contributed by atoms with Crippen molar-refractivity contribution in [3.8, 4) is 0 Å². The lowest BCUT2D eigenvalue weighted by Crippen LogP contribution is -2.03. The van der Waals surface area contributed by atoms with Gasteiger partial charge < -0.3 is 5.11 Å². The van der Waals surface area contributed by atoms with Crippen LogP contribution in [0.5, 0.6) is 0 Å². The molecule has 0 spiro atoms. The Morgan fingerprint density at radius 2 is 2.31 bits per heavy atom. The molecule has 1 N–H and O–H groups in total. The Kier molecular flexibility index (Phi) is 1.63. The molecule has 13 heavy (non-hydrogen) atoms. The molecule has 0 amide bonds. The minimum Gasteiger partial charge on any atom is -0.477 e. The molecule has 0 unspecified atom stereocenters. The number of imidazole rings is 1. The number of aromatic nitrogens is 2. The summed E-state index contributed by atoms with van der Waals surface area (Å²) in [5.74, 6) is -0.925. The van der Waals surface area contributed by atoms with Crippen molar-refractivity contribution >= 4 is 22.3 Å². The molecule has 0 saturated carbocycles. The summed E-state index contributed by atoms with van der Waals surface area (Å²) >= 11 is 1.45. The number of nitrogens with zero attached hydrogens (tertiary/aromatic N) is 2. The third-order valence-electron chi connectivity index (χ3n) is 1.91. The zero-order valence-corrected chi connectivity index (χ0v) is 8.05. The molecule has 0 radical (unpaired) electrons. The van der Waals surface area contributed by atoms with Gasteiger partial charge in [0, 0.05) is 11.1 Å². The number of aryl methyl sites for hydroxylation is 2. The lowest BCUT2D eigenvalue weighted by molar-refractivity contribution is 0.0688. The normalized spacial score (nSPS) is 10.9. The van der Waals surface area contributed by atoms with Gasteiger partial charge in [-0.25, -0.2) is 9.78 Å². The molecule has 2 aromatic heterocycles. The first-order chi connectivity index (χ1) is 6.11. The summed E-state index contributed by atoms with van der Waals surface area (Å²) < 4.78 is 1.67. The van der Waals surface area contributed by atoms with Gasteiger partial charge >= 0.3 is 5.97 Å². The van der Waals surface area contributed by atoms with E-state index in [0.29, 0.717) is 5.69 Å². The fraction of sp³-hybridized carbons (Fsp3) is 0.250. The monoisotopic (exact) mass is 196 g/mol. The molecule has 0 atom stereocenters. The summed E-state index contributed by atoms with van der Waals surface area (Å²) in [6, 6.07) is 0. The summed E-state index contributed by atoms with van der Waals surface area (Å²) in [7, 11) is 0. The van der Waals surface area contributed by atoms with Gasteiger partial charge in [-0.3, -0.25) is 4.40 Å². The molecule has 0 fully saturated rings. The van der Waals surface area contributed by atoms with Crippen molar-refractivity contribution in [2.75, 3.05) is 0 Å². The van der Waals surface area contributed by atoms with Crippen LogP contribution in [0.3, 0.4) is 0 Å². The van der Waals surface area contributed by atoms with Gasteiger partial charge in [-0.2, -0.15) is 0 Å². The maximum absolute atomic E-state index is 10.9. The lowest BCUT2D eigenvalue weighted by atomic mass is 10.3. The van der Waals surface area contributed by atoms with Crippen molar-refractivity contribution in [1.82, 2.24) is 9.38 Å². The highest BCUT2D eigenvalue weighted by Crippen LogP contribution is 2.20. The van der Waals surface area contributed by atoms with E-state index >= 15 is 0 Å². The van der Waals surface area contributed by atoms with Gasteiger partial charge in [0.2, 0.25) is 0 Å². The Morgan fingerprint density at radius 3 is 2.92 bits per heavy atom. The van der Waals surface area contributed by atoms with E-state index in [1.165, 1.54) is 11.3 Å². The topological polar surface area (TPSA) is 54.6 Å². The Labute approximate surface area is 78.5 Å². The highest BCUT2D eigenvalue weighted by Gasteiger charge is 2.17. The summed E-state index contributed by atoms with van der Waals surface area (Å²) in [5, 5.41) is 10.8. The number of aromatic carboxylic acids is 1. The second-order valence-corrected chi connectivity index (χ2v) is 3.68. The van der Waals surface area contributed by atoms with E-state index in [2.05, 4.69) is 4.98 Å². The molecule has 2 rings (SSSR count). The maximum atomic E-state index is 10.9. The van der Waals surface area contributed by atoms with E-state index in [1.54, 1.807) is 11.3 Å². The molecule has 2 heterocycles. The van der Waals surface area contributed by atoms with Gasteiger partial charge in [0.05, 0.1) is 5.69 Å². The molecule has 2 aromatic rings. The van der Waals surface area contributed by atoms with Crippen molar-refractivity contribution in [2.24, 2.45) is 0 Å². The first kappa shape index (κ1) is 8.25. The molecule has 0 saturated heterocycles. The van der Waals surface area contributed by atoms with Gasteiger partial charge in [0.25, 0.3) is 0 Å². The van der Waals surface area contributed by atoms with E-state index in [4.69, 9.17) is 5.11 Å². The average Bonchev–Trinajstić information content (AvgIpc) is 2.51. The van der Waals surface area contributed by atoms with Crippen LogP contribution in [-0.2, 0) is 0 Å². The van der Waals surface area contributed by atoms with Gasteiger partial charge in [0.15, 0.2) is 10.7 Å². The molecular weight excluding hydrogens is 188 g/mol. The van der Waals surface area contributed by atoms with Crippen LogP contribution in [0, 0.1) is 13.8 Å². The number of hydrogen-bond acceptors (Lipinski definition) is 3. The van der Waals surface area contributed by atoms with Crippen LogP contribution in [0.15, 0.2) is 5.38 Å². The van der Waals surface area contributed by atoms with Crippen LogP contribution in [-0.4, -0.2) is 20.5 Å². The Morgan fingerprint density at radius 1 is 1.62 bits per heavy atom. The van der Waals surface area contributed by atoms with Crippen LogP contribution in [0.25, 0.3) is 4.96 Å². The predicted octanol–water partition coefficient (Wildman–Crippen LogP) is 1.71. The van der Waals surface area contributed by atoms with Crippen LogP contribution in [0.4, 0.5) is 0 Å². The lowest BCUT2D eigenvalue weighted by Gasteiger charge is -1.94. The van der Waals surface area contributed by atoms with E-state index < -0.39 is 5.97 Å². The SMILES string of the molecule is Cc1nc2scc(C)n2c1C(=O)O. The van der Waals surface area contributed by atoms with Crippen molar-refractivity contribution in [2.45, 2.75) is 13.8 Å². The average molecular weight is 196 g/mol. The van der Waals surface area contributed by atoms with Crippen molar-refractivity contribution in [3.05, 3.63) is 22.5 Å². The molecule has 0 aliphatic rings. The zero-order valence-electron chi connectivity index (χ0n) is 7.24. The van der Waals surface area contributed by atoms with Crippen molar-refractivity contribution in [1.29, 1.82) is 0 Å². The van der Waals surface area contributed by atoms with Crippen molar-refractivity contribution < 1.29 is 9.90 Å². The number of carboxylic acids is 1. The summed E-state index contributed by atoms with van der Waals surface area (Å²) in [6.07, 6.45) is 0. The molecular formula is C8H8N2O2S. The van der Waals surface area contributed by atoms with Crippen LogP contribution >= 0.6 is 11.3 Å². The molecule has 5 heteroatoms. The standard InChI is InChI=1S/C8H8N2O2S/c1-4-3-13-8-9-5(2)6(7(11)12)10(4)8/h3H,1-2H3,(H,11,12). The maximum Gasteiger partial charge on any atom is 0.354 e. The highest BCUT2D eigenvalue weighted by molar-refractivity contribution is 7.15. The summed E-state index contributed by atoms with van der Waals surface area (Å²) in [6.45, 7) is 3.58. The van der Waals surface area contributed by atoms with Crippen LogP contribution in [0.1, 0.15) is 21.9 Å². The third kappa shape index (κ3) is 1.04. The summed E-state index contributed by atoms with van der Waals surface area (Å²) in [4.78, 5) is 15.8. The molecule has 0 aromatic carbocycles. The van der Waals surface area contributed by atoms with Crippen molar-refractivity contribution in [3.63, 3.8) is 0 Å². The van der Waals surface area contributed by atoms with E-state index in [-0.39, 0.29) is 5.69 Å². The van der Waals surface area contributed by atoms with E-state index in [9.17, 15) is 4.79 Å². The number of carboxylic acid groups (broad SMARTS) is 1. The molecule has 0 aliphatic heterocycles. The van der Waals surface area contributed by atoms with E-state index in [0.717, 1.165) is 10.7 Å². The Hall–Kier alpha value is -1.36. The van der Waals surface area contributed by atoms with E-state index in [1.807, 2.05) is 12.3 Å². The minimum absolute atomic E-state index is 0.272. The number of carbonyl (C=O) groups is 1. The zero-order chi connectivity index (χ0) is 9.59. The third-order valence-corrected chi connectivity index (χ3v) is 2.85.